The number of halogens is 2. The Hall–Kier alpha value is -0.640. The predicted molar refractivity (Wildman–Crippen MR) is 59.8 cm³/mol. The molecule has 1 aromatic heterocycles. The van der Waals surface area contributed by atoms with Crippen molar-refractivity contribution in [3.8, 4) is 0 Å². The second-order valence-electron chi connectivity index (χ2n) is 3.59. The van der Waals surface area contributed by atoms with E-state index >= 15 is 0 Å². The first-order valence-electron chi connectivity index (χ1n) is 4.64. The van der Waals surface area contributed by atoms with E-state index < -0.39 is 0 Å². The van der Waals surface area contributed by atoms with E-state index in [0.717, 1.165) is 13.0 Å². The molecule has 0 aromatic carbocycles. The summed E-state index contributed by atoms with van der Waals surface area (Å²) >= 11 is 3.16. The van der Waals surface area contributed by atoms with Gasteiger partial charge in [0.25, 0.3) is 0 Å². The van der Waals surface area contributed by atoms with Gasteiger partial charge >= 0.3 is 0 Å². The third-order valence-electron chi connectivity index (χ3n) is 1.82. The molecule has 1 rings (SSSR count). The van der Waals surface area contributed by atoms with Gasteiger partial charge in [-0.2, -0.15) is 0 Å². The van der Waals surface area contributed by atoms with E-state index in [9.17, 15) is 4.39 Å². The summed E-state index contributed by atoms with van der Waals surface area (Å²) in [6, 6.07) is 1.41. The molecule has 4 heteroatoms. The van der Waals surface area contributed by atoms with Gasteiger partial charge in [0.2, 0.25) is 0 Å². The first-order chi connectivity index (χ1) is 6.59. The van der Waals surface area contributed by atoms with Crippen LogP contribution in [0.4, 0.5) is 10.2 Å². The summed E-state index contributed by atoms with van der Waals surface area (Å²) in [5.41, 5.74) is 0. The number of nitrogens with zero attached hydrogens (tertiary/aromatic N) is 1. The summed E-state index contributed by atoms with van der Waals surface area (Å²) in [4.78, 5) is 3.94. The zero-order chi connectivity index (χ0) is 10.6. The molecule has 1 aromatic rings. The molecule has 0 aliphatic rings. The van der Waals surface area contributed by atoms with Gasteiger partial charge in [0.05, 0.1) is 0 Å². The molecule has 14 heavy (non-hydrogen) atoms. The topological polar surface area (TPSA) is 24.9 Å². The van der Waals surface area contributed by atoms with Crippen molar-refractivity contribution < 1.29 is 4.39 Å². The number of hydrogen-bond donors (Lipinski definition) is 1. The maximum absolute atomic E-state index is 13.2. The Labute approximate surface area is 92.1 Å². The number of pyridine rings is 1. The Morgan fingerprint density at radius 1 is 1.57 bits per heavy atom. The molecule has 0 aliphatic carbocycles. The zero-order valence-corrected chi connectivity index (χ0v) is 9.94. The molecule has 0 radical (unpaired) electrons. The summed E-state index contributed by atoms with van der Waals surface area (Å²) in [7, 11) is 0. The van der Waals surface area contributed by atoms with Crippen LogP contribution in [0.3, 0.4) is 0 Å². The lowest BCUT2D eigenvalue weighted by Gasteiger charge is -2.08. The number of nitrogens with one attached hydrogen (secondary N) is 1. The number of rotatable bonds is 4. The first kappa shape index (κ1) is 11.4. The van der Waals surface area contributed by atoms with Gasteiger partial charge in [0.1, 0.15) is 0 Å². The Kier molecular flexibility index (Phi) is 4.32. The van der Waals surface area contributed by atoms with Crippen molar-refractivity contribution in [2.24, 2.45) is 5.92 Å². The lowest BCUT2D eigenvalue weighted by atomic mass is 10.1. The molecule has 0 saturated heterocycles. The minimum Gasteiger partial charge on any atom is -0.368 e. The van der Waals surface area contributed by atoms with Gasteiger partial charge in [0, 0.05) is 17.2 Å². The molecule has 0 spiro atoms. The van der Waals surface area contributed by atoms with E-state index in [2.05, 4.69) is 40.1 Å². The van der Waals surface area contributed by atoms with Crippen molar-refractivity contribution in [2.45, 2.75) is 20.3 Å². The highest BCUT2D eigenvalue weighted by Crippen LogP contribution is 2.16. The Morgan fingerprint density at radius 2 is 2.29 bits per heavy atom. The number of anilines is 1. The second-order valence-corrected chi connectivity index (χ2v) is 4.51. The molecule has 1 heterocycles. The summed E-state index contributed by atoms with van der Waals surface area (Å²) in [5.74, 6) is 0.623. The van der Waals surface area contributed by atoms with Crippen LogP contribution in [0.1, 0.15) is 20.3 Å². The number of aromatic nitrogens is 1. The fourth-order valence-electron chi connectivity index (χ4n) is 1.02. The van der Waals surface area contributed by atoms with Gasteiger partial charge in [0.15, 0.2) is 11.6 Å². The van der Waals surface area contributed by atoms with Crippen LogP contribution in [-0.4, -0.2) is 11.5 Å². The van der Waals surface area contributed by atoms with Gasteiger partial charge in [-0.15, -0.1) is 0 Å². The summed E-state index contributed by atoms with van der Waals surface area (Å²) in [6.07, 6.45) is 2.60. The van der Waals surface area contributed by atoms with Gasteiger partial charge in [-0.1, -0.05) is 13.8 Å². The SMILES string of the molecule is CC(C)CCNc1ncc(Br)cc1F. The highest BCUT2D eigenvalue weighted by Gasteiger charge is 2.03. The van der Waals surface area contributed by atoms with Crippen molar-refractivity contribution in [3.05, 3.63) is 22.6 Å². The third-order valence-corrected chi connectivity index (χ3v) is 2.26. The van der Waals surface area contributed by atoms with Crippen LogP contribution in [0.25, 0.3) is 0 Å². The Balaban J connectivity index is 2.51. The molecule has 0 fully saturated rings. The third kappa shape index (κ3) is 3.62. The van der Waals surface area contributed by atoms with Gasteiger partial charge in [-0.05, 0) is 34.3 Å². The van der Waals surface area contributed by atoms with E-state index in [0.29, 0.717) is 16.2 Å². The van der Waals surface area contributed by atoms with E-state index in [1.54, 1.807) is 6.20 Å². The van der Waals surface area contributed by atoms with Crippen molar-refractivity contribution in [3.63, 3.8) is 0 Å². The van der Waals surface area contributed by atoms with E-state index in [4.69, 9.17) is 0 Å². The molecule has 0 unspecified atom stereocenters. The van der Waals surface area contributed by atoms with Crippen LogP contribution < -0.4 is 5.32 Å². The highest BCUT2D eigenvalue weighted by atomic mass is 79.9. The smallest absolute Gasteiger partial charge is 0.166 e. The van der Waals surface area contributed by atoms with E-state index in [1.165, 1.54) is 6.07 Å². The lowest BCUT2D eigenvalue weighted by molar-refractivity contribution is 0.596. The second kappa shape index (κ2) is 5.29. The van der Waals surface area contributed by atoms with Crippen LogP contribution in [0.15, 0.2) is 16.7 Å². The average Bonchev–Trinajstić information content (AvgIpc) is 2.08. The monoisotopic (exact) mass is 260 g/mol. The molecule has 0 atom stereocenters. The minimum atomic E-state index is -0.317. The summed E-state index contributed by atoms with van der Waals surface area (Å²) < 4.78 is 13.9. The average molecular weight is 261 g/mol. The molecule has 1 N–H and O–H groups in total. The molecule has 78 valence electrons. The van der Waals surface area contributed by atoms with Crippen LogP contribution in [0.2, 0.25) is 0 Å². The highest BCUT2D eigenvalue weighted by molar-refractivity contribution is 9.10. The molecule has 2 nitrogen and oxygen atoms in total. The largest absolute Gasteiger partial charge is 0.368 e. The van der Waals surface area contributed by atoms with Gasteiger partial charge in [-0.3, -0.25) is 0 Å². The molecular formula is C10H14BrFN2. The van der Waals surface area contributed by atoms with Crippen LogP contribution in [0.5, 0.6) is 0 Å². The standard InChI is InChI=1S/C10H14BrFN2/c1-7(2)3-4-13-10-9(12)5-8(11)6-14-10/h5-7H,3-4H2,1-2H3,(H,13,14). The lowest BCUT2D eigenvalue weighted by Crippen LogP contribution is -2.07. The van der Waals surface area contributed by atoms with Crippen LogP contribution in [0, 0.1) is 11.7 Å². The van der Waals surface area contributed by atoms with Gasteiger partial charge < -0.3 is 5.32 Å². The molecule has 0 amide bonds. The van der Waals surface area contributed by atoms with E-state index in [1.807, 2.05) is 0 Å². The molecular weight excluding hydrogens is 247 g/mol. The fourth-order valence-corrected chi connectivity index (χ4v) is 1.33. The Morgan fingerprint density at radius 3 is 2.86 bits per heavy atom. The molecule has 0 bridgehead atoms. The number of hydrogen-bond acceptors (Lipinski definition) is 2. The summed E-state index contributed by atoms with van der Waals surface area (Å²) in [5, 5.41) is 2.96. The Bertz CT molecular complexity index is 302. The maximum Gasteiger partial charge on any atom is 0.166 e. The first-order valence-corrected chi connectivity index (χ1v) is 5.44. The van der Waals surface area contributed by atoms with Crippen molar-refractivity contribution in [2.75, 3.05) is 11.9 Å². The fraction of sp³-hybridized carbons (Fsp3) is 0.500. The molecule has 0 aliphatic heterocycles. The van der Waals surface area contributed by atoms with Crippen LogP contribution in [-0.2, 0) is 0 Å². The quantitative estimate of drug-likeness (QED) is 0.898. The normalized spacial score (nSPS) is 10.6. The van der Waals surface area contributed by atoms with Crippen molar-refractivity contribution >= 4 is 21.7 Å². The predicted octanol–water partition coefficient (Wildman–Crippen LogP) is 3.44. The summed E-state index contributed by atoms with van der Waals surface area (Å²) in [6.45, 7) is 5.02. The van der Waals surface area contributed by atoms with Crippen molar-refractivity contribution in [1.82, 2.24) is 4.98 Å². The van der Waals surface area contributed by atoms with E-state index in [-0.39, 0.29) is 5.82 Å². The minimum absolute atomic E-state index is 0.317. The van der Waals surface area contributed by atoms with Gasteiger partial charge in [-0.25, -0.2) is 9.37 Å². The van der Waals surface area contributed by atoms with Crippen LogP contribution >= 0.6 is 15.9 Å². The molecule has 0 saturated carbocycles. The zero-order valence-electron chi connectivity index (χ0n) is 8.35. The maximum atomic E-state index is 13.2. The van der Waals surface area contributed by atoms with Crippen molar-refractivity contribution in [1.29, 1.82) is 0 Å².